The quantitative estimate of drug-likeness (QED) is 0.888. The Morgan fingerprint density at radius 1 is 1.36 bits per heavy atom. The summed E-state index contributed by atoms with van der Waals surface area (Å²) in [7, 11) is 0. The van der Waals surface area contributed by atoms with Crippen LogP contribution in [0.5, 0.6) is 0 Å². The van der Waals surface area contributed by atoms with Gasteiger partial charge in [-0.2, -0.15) is 0 Å². The zero-order valence-electron chi connectivity index (χ0n) is 14.5. The Morgan fingerprint density at radius 2 is 2.12 bits per heavy atom. The van der Waals surface area contributed by atoms with E-state index in [0.717, 1.165) is 37.2 Å². The highest BCUT2D eigenvalue weighted by atomic mass is 19.1. The second kappa shape index (κ2) is 8.06. The number of alkyl halides is 1. The maximum absolute atomic E-state index is 14.7. The normalized spacial score (nSPS) is 21.1. The first-order valence-electron chi connectivity index (χ1n) is 8.74. The molecule has 0 amide bonds. The molecule has 0 aromatic heterocycles. The molecular weight excluding hydrogens is 324 g/mol. The van der Waals surface area contributed by atoms with Crippen molar-refractivity contribution in [2.24, 2.45) is 10.7 Å². The first-order chi connectivity index (χ1) is 12.0. The average Bonchev–Trinajstić information content (AvgIpc) is 2.64. The number of allylic oxidation sites excluding steroid dienone is 1. The molecule has 4 nitrogen and oxygen atoms in total. The fourth-order valence-electron chi connectivity index (χ4n) is 3.35. The van der Waals surface area contributed by atoms with Crippen molar-refractivity contribution in [3.63, 3.8) is 0 Å². The van der Waals surface area contributed by atoms with Crippen molar-refractivity contribution < 1.29 is 13.5 Å². The molecule has 0 unspecified atom stereocenters. The number of nitrogens with zero attached hydrogens (tertiary/aromatic N) is 2. The smallest absolute Gasteiger partial charge is 0.128 e. The van der Waals surface area contributed by atoms with Gasteiger partial charge >= 0.3 is 0 Å². The third-order valence-corrected chi connectivity index (χ3v) is 4.82. The van der Waals surface area contributed by atoms with Crippen LogP contribution in [0.15, 0.2) is 35.0 Å². The molecule has 2 atom stereocenters. The molecule has 0 spiro atoms. The third-order valence-electron chi connectivity index (χ3n) is 4.82. The van der Waals surface area contributed by atoms with E-state index in [-0.39, 0.29) is 12.0 Å². The zero-order chi connectivity index (χ0) is 17.8. The Morgan fingerprint density at radius 3 is 2.88 bits per heavy atom. The second-order valence-electron chi connectivity index (χ2n) is 6.79. The van der Waals surface area contributed by atoms with E-state index >= 15 is 0 Å². The molecular formula is C19H25F2N3O. The van der Waals surface area contributed by atoms with Crippen molar-refractivity contribution in [2.75, 3.05) is 19.9 Å². The topological polar surface area (TPSA) is 50.8 Å². The molecule has 1 aromatic carbocycles. The van der Waals surface area contributed by atoms with Gasteiger partial charge in [0.05, 0.1) is 6.04 Å². The Balaban J connectivity index is 1.66. The van der Waals surface area contributed by atoms with E-state index in [4.69, 9.17) is 10.5 Å². The molecule has 2 heterocycles. The van der Waals surface area contributed by atoms with Crippen molar-refractivity contribution in [2.45, 2.75) is 44.4 Å². The van der Waals surface area contributed by atoms with Crippen molar-refractivity contribution in [1.82, 2.24) is 4.90 Å². The highest BCUT2D eigenvalue weighted by Crippen LogP contribution is 2.26. The maximum atomic E-state index is 14.7. The predicted octanol–water partition coefficient (Wildman–Crippen LogP) is 3.27. The first kappa shape index (κ1) is 18.0. The van der Waals surface area contributed by atoms with E-state index in [2.05, 4.69) is 9.89 Å². The van der Waals surface area contributed by atoms with Crippen LogP contribution in [0.25, 0.3) is 0 Å². The van der Waals surface area contributed by atoms with Crippen molar-refractivity contribution in [1.29, 1.82) is 0 Å². The second-order valence-corrected chi connectivity index (χ2v) is 6.79. The summed E-state index contributed by atoms with van der Waals surface area (Å²) in [5.74, 6) is -0.462. The standard InChI is InChI=1S/C19H25F2N3O/c1-13-2-3-17(20)16(8-13)19(22)18(21)9-14-10-23-12-24(11-14)15-4-6-25-7-5-15/h2-3,8,10-11,15,18-19H,4-7,9,12,22H2,1H3/t18-,19-/m0/s1. The number of nitrogens with two attached hydrogens (primary N) is 1. The Labute approximate surface area is 147 Å². The van der Waals surface area contributed by atoms with E-state index in [9.17, 15) is 8.78 Å². The van der Waals surface area contributed by atoms with Crippen LogP contribution in [0.2, 0.25) is 0 Å². The van der Waals surface area contributed by atoms with Gasteiger partial charge in [-0.05, 0) is 31.4 Å². The van der Waals surface area contributed by atoms with Gasteiger partial charge in [0.1, 0.15) is 18.7 Å². The maximum Gasteiger partial charge on any atom is 0.128 e. The highest BCUT2D eigenvalue weighted by Gasteiger charge is 2.25. The fraction of sp³-hybridized carbons (Fsp3) is 0.526. The Bertz CT molecular complexity index is 656. The van der Waals surface area contributed by atoms with Crippen LogP contribution < -0.4 is 5.73 Å². The van der Waals surface area contributed by atoms with E-state index in [1.54, 1.807) is 18.3 Å². The number of rotatable bonds is 5. The minimum absolute atomic E-state index is 0.123. The summed E-state index contributed by atoms with van der Waals surface area (Å²) in [6.07, 6.45) is 4.32. The number of benzene rings is 1. The molecule has 1 fully saturated rings. The largest absolute Gasteiger partial charge is 0.381 e. The van der Waals surface area contributed by atoms with Gasteiger partial charge in [-0.1, -0.05) is 17.7 Å². The summed E-state index contributed by atoms with van der Waals surface area (Å²) in [5.41, 5.74) is 7.86. The number of aliphatic imine (C=N–C) groups is 1. The van der Waals surface area contributed by atoms with Crippen LogP contribution in [0, 0.1) is 12.7 Å². The number of aryl methyl sites for hydroxylation is 1. The van der Waals surface area contributed by atoms with Gasteiger partial charge in [0.2, 0.25) is 0 Å². The van der Waals surface area contributed by atoms with Gasteiger partial charge in [-0.25, -0.2) is 8.78 Å². The van der Waals surface area contributed by atoms with Crippen LogP contribution in [0.1, 0.15) is 36.4 Å². The molecule has 2 aliphatic heterocycles. The fourth-order valence-corrected chi connectivity index (χ4v) is 3.35. The van der Waals surface area contributed by atoms with Crippen LogP contribution in [-0.2, 0) is 4.74 Å². The van der Waals surface area contributed by atoms with Crippen LogP contribution in [-0.4, -0.2) is 43.2 Å². The Hall–Kier alpha value is -1.79. The number of hydrogen-bond acceptors (Lipinski definition) is 4. The van der Waals surface area contributed by atoms with Gasteiger partial charge in [0, 0.05) is 43.7 Å². The SMILES string of the molecule is Cc1ccc(F)c([C@H](N)[C@@H](F)CC2=CN(C3CCOCC3)CN=C2)c1. The van der Waals surface area contributed by atoms with Crippen molar-refractivity contribution in [3.8, 4) is 0 Å². The molecule has 2 N–H and O–H groups in total. The highest BCUT2D eigenvalue weighted by molar-refractivity contribution is 5.79. The van der Waals surface area contributed by atoms with Gasteiger partial charge in [0.15, 0.2) is 0 Å². The molecule has 136 valence electrons. The van der Waals surface area contributed by atoms with Crippen molar-refractivity contribution >= 4 is 6.21 Å². The van der Waals surface area contributed by atoms with E-state index in [1.807, 2.05) is 13.1 Å². The molecule has 1 aromatic rings. The minimum Gasteiger partial charge on any atom is -0.381 e. The lowest BCUT2D eigenvalue weighted by molar-refractivity contribution is 0.0497. The first-order valence-corrected chi connectivity index (χ1v) is 8.74. The van der Waals surface area contributed by atoms with Gasteiger partial charge in [-0.3, -0.25) is 4.99 Å². The van der Waals surface area contributed by atoms with E-state index in [1.165, 1.54) is 6.07 Å². The summed E-state index contributed by atoms with van der Waals surface area (Å²) in [6.45, 7) is 3.92. The third kappa shape index (κ3) is 4.44. The zero-order valence-corrected chi connectivity index (χ0v) is 14.5. The molecule has 0 saturated carbocycles. The lowest BCUT2D eigenvalue weighted by atomic mass is 9.96. The molecule has 0 bridgehead atoms. The summed E-state index contributed by atoms with van der Waals surface area (Å²) in [4.78, 5) is 6.48. The van der Waals surface area contributed by atoms with Crippen LogP contribution in [0.3, 0.4) is 0 Å². The number of ether oxygens (including phenoxy) is 1. The molecule has 25 heavy (non-hydrogen) atoms. The number of halogens is 2. The molecule has 2 aliphatic rings. The molecule has 3 rings (SSSR count). The van der Waals surface area contributed by atoms with E-state index < -0.39 is 18.0 Å². The van der Waals surface area contributed by atoms with E-state index in [0.29, 0.717) is 12.7 Å². The average molecular weight is 349 g/mol. The molecule has 0 aliphatic carbocycles. The van der Waals surface area contributed by atoms with Crippen LogP contribution >= 0.6 is 0 Å². The van der Waals surface area contributed by atoms with Gasteiger partial charge in [0.25, 0.3) is 0 Å². The molecule has 6 heteroatoms. The lowest BCUT2D eigenvalue weighted by Gasteiger charge is -2.34. The Kier molecular flexibility index (Phi) is 5.81. The number of hydrogen-bond donors (Lipinski definition) is 1. The molecule has 1 saturated heterocycles. The summed E-state index contributed by atoms with van der Waals surface area (Å²) < 4.78 is 34.1. The van der Waals surface area contributed by atoms with Gasteiger partial charge < -0.3 is 15.4 Å². The van der Waals surface area contributed by atoms with Gasteiger partial charge in [-0.15, -0.1) is 0 Å². The minimum atomic E-state index is -1.37. The predicted molar refractivity (Wildman–Crippen MR) is 94.7 cm³/mol. The summed E-state index contributed by atoms with van der Waals surface area (Å²) >= 11 is 0. The summed E-state index contributed by atoms with van der Waals surface area (Å²) in [5, 5.41) is 0. The molecule has 0 radical (unpaired) electrons. The monoisotopic (exact) mass is 349 g/mol. The lowest BCUT2D eigenvalue weighted by Crippen LogP contribution is -2.37. The van der Waals surface area contributed by atoms with Crippen molar-refractivity contribution in [3.05, 3.63) is 46.9 Å². The van der Waals surface area contributed by atoms with Crippen LogP contribution in [0.4, 0.5) is 8.78 Å². The summed E-state index contributed by atoms with van der Waals surface area (Å²) in [6, 6.07) is 3.99.